The first-order valence-corrected chi connectivity index (χ1v) is 10.8. The van der Waals surface area contributed by atoms with Gasteiger partial charge in [-0.3, -0.25) is 9.48 Å². The van der Waals surface area contributed by atoms with Crippen molar-refractivity contribution in [3.63, 3.8) is 0 Å². The number of aryl methyl sites for hydroxylation is 2. The Hall–Kier alpha value is -3.21. The maximum absolute atomic E-state index is 12.6. The number of amides is 1. The van der Waals surface area contributed by atoms with Crippen molar-refractivity contribution in [1.29, 1.82) is 0 Å². The number of imidazole rings is 1. The first-order valence-electron chi connectivity index (χ1n) is 8.73. The maximum atomic E-state index is 12.6. The number of rotatable bonds is 6. The van der Waals surface area contributed by atoms with Crippen LogP contribution in [-0.4, -0.2) is 53.0 Å². The normalized spacial score (nSPS) is 11.6. The van der Waals surface area contributed by atoms with Crippen LogP contribution in [0, 0.1) is 0 Å². The minimum absolute atomic E-state index is 0.104. The van der Waals surface area contributed by atoms with Crippen molar-refractivity contribution in [3.05, 3.63) is 41.5 Å². The van der Waals surface area contributed by atoms with Crippen molar-refractivity contribution >= 4 is 38.4 Å². The average molecular weight is 419 g/mol. The number of aromatic nitrogens is 4. The minimum Gasteiger partial charge on any atom is -0.465 e. The lowest BCUT2D eigenvalue weighted by Crippen LogP contribution is -2.16. The van der Waals surface area contributed by atoms with Crippen molar-refractivity contribution in [3.8, 4) is 0 Å². The lowest BCUT2D eigenvalue weighted by atomic mass is 10.1. The van der Waals surface area contributed by atoms with E-state index in [1.165, 1.54) is 13.2 Å². The molecule has 0 saturated carbocycles. The van der Waals surface area contributed by atoms with E-state index in [1.807, 2.05) is 6.92 Å². The Kier molecular flexibility index (Phi) is 5.42. The number of carbonyl (C=O) groups is 2. The fraction of sp³-hybridized carbons (Fsp3) is 0.333. The summed E-state index contributed by atoms with van der Waals surface area (Å²) >= 11 is 0. The van der Waals surface area contributed by atoms with Gasteiger partial charge in [0.2, 0.25) is 0 Å². The summed E-state index contributed by atoms with van der Waals surface area (Å²) in [5.74, 6) is -1.07. The Morgan fingerprint density at radius 3 is 2.59 bits per heavy atom. The molecule has 2 aromatic heterocycles. The summed E-state index contributed by atoms with van der Waals surface area (Å²) in [6.45, 7) is 2.51. The third kappa shape index (κ3) is 4.29. The second kappa shape index (κ2) is 7.66. The van der Waals surface area contributed by atoms with Crippen LogP contribution in [0.1, 0.15) is 33.6 Å². The van der Waals surface area contributed by atoms with Crippen LogP contribution in [0.5, 0.6) is 0 Å². The molecule has 11 heteroatoms. The number of esters is 1. The van der Waals surface area contributed by atoms with Crippen molar-refractivity contribution in [2.24, 2.45) is 7.05 Å². The Labute approximate surface area is 167 Å². The highest BCUT2D eigenvalue weighted by atomic mass is 32.2. The van der Waals surface area contributed by atoms with Crippen LogP contribution in [0.3, 0.4) is 0 Å². The summed E-state index contributed by atoms with van der Waals surface area (Å²) in [6, 6.07) is 4.60. The molecule has 0 unspecified atom stereocenters. The van der Waals surface area contributed by atoms with Crippen molar-refractivity contribution in [1.82, 2.24) is 19.3 Å². The predicted molar refractivity (Wildman–Crippen MR) is 106 cm³/mol. The molecule has 10 nitrogen and oxygen atoms in total. The van der Waals surface area contributed by atoms with E-state index in [2.05, 4.69) is 15.4 Å². The average Bonchev–Trinajstić information content (AvgIpc) is 3.25. The van der Waals surface area contributed by atoms with E-state index in [-0.39, 0.29) is 22.7 Å². The Bertz CT molecular complexity index is 1210. The van der Waals surface area contributed by atoms with E-state index < -0.39 is 21.7 Å². The van der Waals surface area contributed by atoms with Crippen LogP contribution >= 0.6 is 0 Å². The highest BCUT2D eigenvalue weighted by Crippen LogP contribution is 2.26. The lowest BCUT2D eigenvalue weighted by molar-refractivity contribution is 0.0602. The number of fused-ring (bicyclic) bond motifs is 1. The number of anilines is 1. The van der Waals surface area contributed by atoms with Crippen LogP contribution in [0.15, 0.2) is 24.4 Å². The quantitative estimate of drug-likeness (QED) is 0.598. The van der Waals surface area contributed by atoms with Crippen LogP contribution in [-0.2, 0) is 33.9 Å². The van der Waals surface area contributed by atoms with E-state index in [4.69, 9.17) is 4.74 Å². The van der Waals surface area contributed by atoms with Gasteiger partial charge in [0.1, 0.15) is 11.6 Å². The van der Waals surface area contributed by atoms with Crippen LogP contribution in [0.2, 0.25) is 0 Å². The van der Waals surface area contributed by atoms with Crippen molar-refractivity contribution in [2.75, 3.05) is 18.7 Å². The molecule has 0 aliphatic rings. The van der Waals surface area contributed by atoms with Crippen molar-refractivity contribution in [2.45, 2.75) is 19.2 Å². The van der Waals surface area contributed by atoms with Gasteiger partial charge in [-0.1, -0.05) is 0 Å². The van der Waals surface area contributed by atoms with Crippen molar-refractivity contribution < 1.29 is 22.7 Å². The largest absolute Gasteiger partial charge is 0.465 e. The molecule has 0 radical (unpaired) electrons. The fourth-order valence-electron chi connectivity index (χ4n) is 2.88. The molecule has 1 aromatic carbocycles. The van der Waals surface area contributed by atoms with E-state index >= 15 is 0 Å². The second-order valence-corrected chi connectivity index (χ2v) is 8.69. The number of nitrogens with zero attached hydrogens (tertiary/aromatic N) is 4. The molecular weight excluding hydrogens is 398 g/mol. The van der Waals surface area contributed by atoms with E-state index in [0.717, 1.165) is 6.26 Å². The van der Waals surface area contributed by atoms with E-state index in [9.17, 15) is 18.0 Å². The Morgan fingerprint density at radius 2 is 2.00 bits per heavy atom. The molecule has 2 heterocycles. The number of sulfone groups is 1. The zero-order chi connectivity index (χ0) is 21.3. The molecule has 0 saturated heterocycles. The third-order valence-corrected chi connectivity index (χ3v) is 5.14. The van der Waals surface area contributed by atoms with Crippen LogP contribution in [0.4, 0.5) is 5.69 Å². The molecule has 0 fully saturated rings. The zero-order valence-electron chi connectivity index (χ0n) is 16.5. The number of ether oxygens (including phenoxy) is 1. The van der Waals surface area contributed by atoms with Gasteiger partial charge in [-0.05, 0) is 25.1 Å². The number of nitrogens with one attached hydrogen (secondary N) is 1. The first kappa shape index (κ1) is 20.5. The van der Waals surface area contributed by atoms with Crippen LogP contribution < -0.4 is 5.32 Å². The summed E-state index contributed by atoms with van der Waals surface area (Å²) in [4.78, 5) is 29.1. The van der Waals surface area contributed by atoms with Gasteiger partial charge in [-0.2, -0.15) is 5.10 Å². The second-order valence-electron chi connectivity index (χ2n) is 6.55. The first-order chi connectivity index (χ1) is 13.6. The number of methoxy groups -OCH3 is 1. The lowest BCUT2D eigenvalue weighted by Gasteiger charge is -2.10. The fourth-order valence-corrected chi connectivity index (χ4v) is 3.61. The number of benzene rings is 1. The highest BCUT2D eigenvalue weighted by Gasteiger charge is 2.21. The third-order valence-electron chi connectivity index (χ3n) is 4.35. The monoisotopic (exact) mass is 419 g/mol. The van der Waals surface area contributed by atoms with E-state index in [1.54, 1.807) is 34.6 Å². The molecule has 0 spiro atoms. The number of hydrogen-bond donors (Lipinski definition) is 1. The topological polar surface area (TPSA) is 125 Å². The van der Waals surface area contributed by atoms with Crippen LogP contribution in [0.25, 0.3) is 11.0 Å². The van der Waals surface area contributed by atoms with Gasteiger partial charge < -0.3 is 14.6 Å². The Balaban J connectivity index is 2.07. The predicted octanol–water partition coefficient (Wildman–Crippen LogP) is 1.37. The van der Waals surface area contributed by atoms with Gasteiger partial charge in [-0.25, -0.2) is 18.2 Å². The highest BCUT2D eigenvalue weighted by molar-refractivity contribution is 7.89. The molecule has 0 aliphatic heterocycles. The minimum atomic E-state index is -3.30. The molecule has 3 rings (SSSR count). The van der Waals surface area contributed by atoms with Gasteiger partial charge in [-0.15, -0.1) is 0 Å². The van der Waals surface area contributed by atoms with E-state index in [0.29, 0.717) is 23.4 Å². The molecule has 0 atom stereocenters. The summed E-state index contributed by atoms with van der Waals surface area (Å²) in [5.41, 5.74) is 1.50. The smallest absolute Gasteiger partial charge is 0.340 e. The molecular formula is C18H21N5O5S. The molecule has 0 bridgehead atoms. The van der Waals surface area contributed by atoms with Gasteiger partial charge in [0, 0.05) is 26.0 Å². The zero-order valence-corrected chi connectivity index (χ0v) is 17.3. The summed E-state index contributed by atoms with van der Waals surface area (Å²) in [6.07, 6.45) is 2.80. The molecule has 0 aliphatic carbocycles. The molecule has 3 aromatic rings. The van der Waals surface area contributed by atoms with Gasteiger partial charge >= 0.3 is 5.97 Å². The van der Waals surface area contributed by atoms with Gasteiger partial charge in [0.05, 0.1) is 29.4 Å². The number of carbonyl (C=O) groups excluding carboxylic acids is 2. The number of hydrogen-bond acceptors (Lipinski definition) is 7. The summed E-state index contributed by atoms with van der Waals surface area (Å²) < 4.78 is 31.3. The summed E-state index contributed by atoms with van der Waals surface area (Å²) in [7, 11) is -0.400. The molecule has 29 heavy (non-hydrogen) atoms. The van der Waals surface area contributed by atoms with Gasteiger partial charge in [0.25, 0.3) is 5.91 Å². The molecule has 154 valence electrons. The SMILES string of the molecule is CCn1ccc(C(=O)Nc2cc3c(cc2C(=O)OC)nc(CS(C)(=O)=O)n3C)n1. The molecule has 1 amide bonds. The van der Waals surface area contributed by atoms with Gasteiger partial charge in [0.15, 0.2) is 15.5 Å². The standard InChI is InChI=1S/C18H21N5O5S/c1-5-23-7-6-12(21-23)17(24)20-13-9-15-14(8-11(13)18(25)28-3)19-16(22(15)2)10-29(4,26)27/h6-9H,5,10H2,1-4H3,(H,20,24). The maximum Gasteiger partial charge on any atom is 0.340 e. The summed E-state index contributed by atoms with van der Waals surface area (Å²) in [5, 5.41) is 6.83. The Morgan fingerprint density at radius 1 is 1.28 bits per heavy atom. The molecule has 1 N–H and O–H groups in total.